The van der Waals surface area contributed by atoms with Gasteiger partial charge in [-0.25, -0.2) is 9.36 Å². The fraction of sp³-hybridized carbons (Fsp3) is 0.333. The first-order valence-electron chi connectivity index (χ1n) is 6.45. The summed E-state index contributed by atoms with van der Waals surface area (Å²) in [6.07, 6.45) is 1.71. The summed E-state index contributed by atoms with van der Waals surface area (Å²) in [6, 6.07) is 7.91. The molecule has 0 unspecified atom stereocenters. The quantitative estimate of drug-likeness (QED) is 0.797. The van der Waals surface area contributed by atoms with Gasteiger partial charge in [0.15, 0.2) is 0 Å². The molecular weight excluding hydrogens is 252 g/mol. The summed E-state index contributed by atoms with van der Waals surface area (Å²) in [6.45, 7) is 2.03. The summed E-state index contributed by atoms with van der Waals surface area (Å²) in [5.41, 5.74) is 2.74. The second-order valence-corrected chi connectivity index (χ2v) is 5.00. The van der Waals surface area contributed by atoms with Gasteiger partial charge in [-0.2, -0.15) is 0 Å². The SMILES string of the molecule is C/N=C\c1c(N(C)C)n(-c2ccc(C)cc2)c(=O)n1C. The Morgan fingerprint density at radius 1 is 1.20 bits per heavy atom. The molecule has 1 aromatic carbocycles. The van der Waals surface area contributed by atoms with Crippen LogP contribution in [0, 0.1) is 6.92 Å². The highest BCUT2D eigenvalue weighted by molar-refractivity contribution is 5.85. The minimum atomic E-state index is -0.0764. The lowest BCUT2D eigenvalue weighted by molar-refractivity contribution is 0.818. The molecular formula is C15H20N4O. The van der Waals surface area contributed by atoms with E-state index in [-0.39, 0.29) is 5.69 Å². The van der Waals surface area contributed by atoms with Gasteiger partial charge in [0.25, 0.3) is 0 Å². The smallest absolute Gasteiger partial charge is 0.334 e. The van der Waals surface area contributed by atoms with Gasteiger partial charge in [0, 0.05) is 34.4 Å². The van der Waals surface area contributed by atoms with Crippen molar-refractivity contribution in [2.75, 3.05) is 26.0 Å². The number of aromatic nitrogens is 2. The molecule has 1 heterocycles. The van der Waals surface area contributed by atoms with E-state index < -0.39 is 0 Å². The van der Waals surface area contributed by atoms with Crippen molar-refractivity contribution in [3.8, 4) is 5.69 Å². The van der Waals surface area contributed by atoms with Crippen molar-refractivity contribution >= 4 is 12.0 Å². The molecule has 106 valence electrons. The maximum Gasteiger partial charge on any atom is 0.334 e. The summed E-state index contributed by atoms with van der Waals surface area (Å²) in [4.78, 5) is 18.5. The molecule has 0 saturated carbocycles. The summed E-state index contributed by atoms with van der Waals surface area (Å²) in [7, 11) is 7.31. The van der Waals surface area contributed by atoms with E-state index in [1.165, 1.54) is 5.56 Å². The highest BCUT2D eigenvalue weighted by Gasteiger charge is 2.19. The molecule has 0 aliphatic carbocycles. The highest BCUT2D eigenvalue weighted by Crippen LogP contribution is 2.20. The molecule has 0 aliphatic rings. The van der Waals surface area contributed by atoms with Gasteiger partial charge >= 0.3 is 5.69 Å². The molecule has 0 fully saturated rings. The number of benzene rings is 1. The van der Waals surface area contributed by atoms with Gasteiger partial charge in [0.1, 0.15) is 11.5 Å². The molecule has 0 spiro atoms. The molecule has 5 nitrogen and oxygen atoms in total. The molecule has 0 radical (unpaired) electrons. The fourth-order valence-corrected chi connectivity index (χ4v) is 2.23. The molecule has 2 aromatic rings. The Morgan fingerprint density at radius 2 is 1.80 bits per heavy atom. The predicted molar refractivity (Wildman–Crippen MR) is 83.6 cm³/mol. The lowest BCUT2D eigenvalue weighted by Gasteiger charge is -2.16. The highest BCUT2D eigenvalue weighted by atomic mass is 16.1. The Labute approximate surface area is 118 Å². The molecule has 0 amide bonds. The first kappa shape index (κ1) is 14.1. The van der Waals surface area contributed by atoms with Gasteiger partial charge in [0.2, 0.25) is 0 Å². The zero-order chi connectivity index (χ0) is 14.9. The Balaban J connectivity index is 2.78. The summed E-state index contributed by atoms with van der Waals surface area (Å²) in [5.74, 6) is 0.826. The maximum atomic E-state index is 12.5. The monoisotopic (exact) mass is 272 g/mol. The summed E-state index contributed by atoms with van der Waals surface area (Å²) < 4.78 is 3.32. The molecule has 0 bridgehead atoms. The van der Waals surface area contributed by atoms with Crippen molar-refractivity contribution in [1.82, 2.24) is 9.13 Å². The second kappa shape index (κ2) is 5.36. The van der Waals surface area contributed by atoms with Crippen LogP contribution in [0.3, 0.4) is 0 Å². The zero-order valence-electron chi connectivity index (χ0n) is 12.6. The van der Waals surface area contributed by atoms with Crippen LogP contribution >= 0.6 is 0 Å². The van der Waals surface area contributed by atoms with Gasteiger partial charge in [-0.3, -0.25) is 9.56 Å². The van der Waals surface area contributed by atoms with Crippen LogP contribution in [0.15, 0.2) is 34.1 Å². The average Bonchev–Trinajstić information content (AvgIpc) is 2.65. The standard InChI is InChI=1S/C15H20N4O/c1-11-6-8-12(9-7-11)19-14(17(3)4)13(10-16-2)18(5)15(19)20/h6-10H,1-5H3/b16-10-. The van der Waals surface area contributed by atoms with Crippen LogP contribution in [0.5, 0.6) is 0 Å². The van der Waals surface area contributed by atoms with Crippen LogP contribution in [-0.4, -0.2) is 36.5 Å². The largest absolute Gasteiger partial charge is 0.362 e. The second-order valence-electron chi connectivity index (χ2n) is 5.00. The predicted octanol–water partition coefficient (Wildman–Crippen LogP) is 1.60. The number of imidazole rings is 1. The number of hydrogen-bond donors (Lipinski definition) is 0. The third-order valence-electron chi connectivity index (χ3n) is 3.25. The number of nitrogens with zero attached hydrogens (tertiary/aromatic N) is 4. The van der Waals surface area contributed by atoms with Gasteiger partial charge in [0.05, 0.1) is 5.69 Å². The molecule has 1 aromatic heterocycles. The fourth-order valence-electron chi connectivity index (χ4n) is 2.23. The van der Waals surface area contributed by atoms with Gasteiger partial charge < -0.3 is 4.90 Å². The Hall–Kier alpha value is -2.30. The molecule has 0 aliphatic heterocycles. The van der Waals surface area contributed by atoms with E-state index in [2.05, 4.69) is 4.99 Å². The zero-order valence-corrected chi connectivity index (χ0v) is 12.6. The van der Waals surface area contributed by atoms with E-state index in [0.717, 1.165) is 17.2 Å². The van der Waals surface area contributed by atoms with Gasteiger partial charge in [-0.05, 0) is 19.1 Å². The minimum Gasteiger partial charge on any atom is -0.362 e. The van der Waals surface area contributed by atoms with E-state index in [9.17, 15) is 4.79 Å². The van der Waals surface area contributed by atoms with E-state index >= 15 is 0 Å². The van der Waals surface area contributed by atoms with Crippen LogP contribution in [0.1, 0.15) is 11.3 Å². The van der Waals surface area contributed by atoms with E-state index in [1.807, 2.05) is 50.2 Å². The topological polar surface area (TPSA) is 42.5 Å². The summed E-state index contributed by atoms with van der Waals surface area (Å²) >= 11 is 0. The van der Waals surface area contributed by atoms with Crippen LogP contribution in [0.25, 0.3) is 5.69 Å². The summed E-state index contributed by atoms with van der Waals surface area (Å²) in [5, 5.41) is 0. The van der Waals surface area contributed by atoms with Crippen molar-refractivity contribution in [2.24, 2.45) is 12.0 Å². The third kappa shape index (κ3) is 2.27. The molecule has 5 heteroatoms. The number of anilines is 1. The van der Waals surface area contributed by atoms with E-state index in [4.69, 9.17) is 0 Å². The lowest BCUT2D eigenvalue weighted by atomic mass is 10.2. The van der Waals surface area contributed by atoms with Crippen molar-refractivity contribution < 1.29 is 0 Å². The van der Waals surface area contributed by atoms with E-state index in [1.54, 1.807) is 29.4 Å². The number of aliphatic imine (C=N–C) groups is 1. The van der Waals surface area contributed by atoms with E-state index in [0.29, 0.717) is 0 Å². The number of hydrogen-bond acceptors (Lipinski definition) is 3. The Morgan fingerprint density at radius 3 is 2.30 bits per heavy atom. The number of rotatable bonds is 3. The maximum absolute atomic E-state index is 12.5. The minimum absolute atomic E-state index is 0.0764. The molecule has 0 saturated heterocycles. The van der Waals surface area contributed by atoms with Crippen molar-refractivity contribution in [3.05, 3.63) is 46.0 Å². The Kier molecular flexibility index (Phi) is 3.79. The van der Waals surface area contributed by atoms with Gasteiger partial charge in [-0.1, -0.05) is 17.7 Å². The van der Waals surface area contributed by atoms with Crippen LogP contribution in [-0.2, 0) is 7.05 Å². The van der Waals surface area contributed by atoms with Gasteiger partial charge in [-0.15, -0.1) is 0 Å². The first-order valence-corrected chi connectivity index (χ1v) is 6.45. The first-order chi connectivity index (χ1) is 9.47. The van der Waals surface area contributed by atoms with Crippen LogP contribution in [0.2, 0.25) is 0 Å². The average molecular weight is 272 g/mol. The molecule has 2 rings (SSSR count). The lowest BCUT2D eigenvalue weighted by Crippen LogP contribution is -2.23. The van der Waals surface area contributed by atoms with Crippen molar-refractivity contribution in [1.29, 1.82) is 0 Å². The van der Waals surface area contributed by atoms with Crippen LogP contribution in [0.4, 0.5) is 5.82 Å². The normalized spacial score (nSPS) is 11.2. The molecule has 20 heavy (non-hydrogen) atoms. The van der Waals surface area contributed by atoms with Crippen LogP contribution < -0.4 is 10.6 Å². The molecule has 0 atom stereocenters. The third-order valence-corrected chi connectivity index (χ3v) is 3.25. The molecule has 0 N–H and O–H groups in total. The van der Waals surface area contributed by atoms with Crippen molar-refractivity contribution in [2.45, 2.75) is 6.92 Å². The Bertz CT molecular complexity index is 690. The number of aryl methyl sites for hydroxylation is 1. The van der Waals surface area contributed by atoms with Crippen molar-refractivity contribution in [3.63, 3.8) is 0 Å².